The summed E-state index contributed by atoms with van der Waals surface area (Å²) < 4.78 is 40.7. The van der Waals surface area contributed by atoms with Gasteiger partial charge in [-0.1, -0.05) is 41.9 Å². The molecule has 1 aromatic heterocycles. The first-order chi connectivity index (χ1) is 13.8. The molecule has 2 aromatic carbocycles. The standard InChI is InChI=1S/C20H15ClF3N3O2/c21-15-7-3-1-5-12(15)18(28)25-9-10-26-19(29)14-11-27-16-8-4-2-6-13(16)17(14)20(22,23)24/h1-8,11H,9-10H2,(H,25,28)(H,26,29). The van der Waals surface area contributed by atoms with E-state index >= 15 is 0 Å². The van der Waals surface area contributed by atoms with Crippen molar-refractivity contribution in [2.75, 3.05) is 13.1 Å². The van der Waals surface area contributed by atoms with Crippen molar-refractivity contribution in [1.82, 2.24) is 15.6 Å². The molecule has 0 unspecified atom stereocenters. The molecule has 3 aromatic rings. The molecule has 2 N–H and O–H groups in total. The van der Waals surface area contributed by atoms with Gasteiger partial charge in [-0.05, 0) is 18.2 Å². The van der Waals surface area contributed by atoms with Crippen LogP contribution in [-0.2, 0) is 6.18 Å². The maximum atomic E-state index is 13.6. The Hall–Kier alpha value is -3.13. The van der Waals surface area contributed by atoms with Crippen LogP contribution in [0.25, 0.3) is 10.9 Å². The van der Waals surface area contributed by atoms with Crippen molar-refractivity contribution < 1.29 is 22.8 Å². The van der Waals surface area contributed by atoms with Crippen molar-refractivity contribution in [3.63, 3.8) is 0 Å². The highest BCUT2D eigenvalue weighted by Gasteiger charge is 2.37. The van der Waals surface area contributed by atoms with Crippen LogP contribution < -0.4 is 10.6 Å². The number of halogens is 4. The largest absolute Gasteiger partial charge is 0.417 e. The Balaban J connectivity index is 1.69. The number of nitrogens with zero attached hydrogens (tertiary/aromatic N) is 1. The molecule has 0 saturated carbocycles. The number of hydrogen-bond acceptors (Lipinski definition) is 3. The fourth-order valence-corrected chi connectivity index (χ4v) is 3.03. The second kappa shape index (κ2) is 8.48. The van der Waals surface area contributed by atoms with Crippen molar-refractivity contribution in [2.45, 2.75) is 6.18 Å². The number of amides is 2. The number of carbonyl (C=O) groups is 2. The smallest absolute Gasteiger partial charge is 0.350 e. The van der Waals surface area contributed by atoms with Crippen molar-refractivity contribution in [3.05, 3.63) is 76.4 Å². The van der Waals surface area contributed by atoms with Crippen LogP contribution in [0.3, 0.4) is 0 Å². The molecule has 0 fully saturated rings. The minimum Gasteiger partial charge on any atom is -0.350 e. The summed E-state index contributed by atoms with van der Waals surface area (Å²) in [6.45, 7) is -0.0582. The molecule has 150 valence electrons. The topological polar surface area (TPSA) is 71.1 Å². The van der Waals surface area contributed by atoms with Crippen molar-refractivity contribution in [3.8, 4) is 0 Å². The summed E-state index contributed by atoms with van der Waals surface area (Å²) in [5.41, 5.74) is -1.21. The van der Waals surface area contributed by atoms with Crippen LogP contribution >= 0.6 is 11.6 Å². The monoisotopic (exact) mass is 421 g/mol. The number of para-hydroxylation sites is 1. The van der Waals surface area contributed by atoms with Crippen LogP contribution in [0.1, 0.15) is 26.3 Å². The molecule has 0 aliphatic rings. The third kappa shape index (κ3) is 4.65. The van der Waals surface area contributed by atoms with Gasteiger partial charge in [0.2, 0.25) is 0 Å². The molecule has 0 aliphatic heterocycles. The van der Waals surface area contributed by atoms with E-state index in [9.17, 15) is 22.8 Å². The normalized spacial score (nSPS) is 11.3. The number of fused-ring (bicyclic) bond motifs is 1. The quantitative estimate of drug-likeness (QED) is 0.610. The molecule has 2 amide bonds. The third-order valence-electron chi connectivity index (χ3n) is 4.12. The number of pyridine rings is 1. The zero-order chi connectivity index (χ0) is 21.0. The highest BCUT2D eigenvalue weighted by atomic mass is 35.5. The Bertz CT molecular complexity index is 1070. The van der Waals surface area contributed by atoms with Crippen LogP contribution in [-0.4, -0.2) is 29.9 Å². The lowest BCUT2D eigenvalue weighted by atomic mass is 10.0. The summed E-state index contributed by atoms with van der Waals surface area (Å²) in [6, 6.07) is 12.1. The molecular formula is C20H15ClF3N3O2. The number of hydrogen-bond donors (Lipinski definition) is 2. The van der Waals surface area contributed by atoms with Gasteiger partial charge in [-0.2, -0.15) is 13.2 Å². The lowest BCUT2D eigenvalue weighted by molar-refractivity contribution is -0.136. The van der Waals surface area contributed by atoms with Gasteiger partial charge in [0.1, 0.15) is 0 Å². The summed E-state index contributed by atoms with van der Waals surface area (Å²) in [4.78, 5) is 28.3. The average molecular weight is 422 g/mol. The lowest BCUT2D eigenvalue weighted by Crippen LogP contribution is -2.35. The van der Waals surface area contributed by atoms with Gasteiger partial charge in [-0.3, -0.25) is 14.6 Å². The minimum absolute atomic E-state index is 0.0121. The molecule has 0 bridgehead atoms. The number of aromatic nitrogens is 1. The first-order valence-electron chi connectivity index (χ1n) is 8.55. The molecule has 29 heavy (non-hydrogen) atoms. The van der Waals surface area contributed by atoms with E-state index in [1.54, 1.807) is 24.3 Å². The van der Waals surface area contributed by atoms with Gasteiger partial charge in [0, 0.05) is 24.7 Å². The van der Waals surface area contributed by atoms with Gasteiger partial charge in [0.25, 0.3) is 11.8 Å². The van der Waals surface area contributed by atoms with Gasteiger partial charge in [-0.15, -0.1) is 0 Å². The Labute approximate surface area is 168 Å². The van der Waals surface area contributed by atoms with Gasteiger partial charge in [-0.25, -0.2) is 0 Å². The first-order valence-corrected chi connectivity index (χ1v) is 8.92. The maximum absolute atomic E-state index is 13.6. The Kier molecular flexibility index (Phi) is 6.03. The summed E-state index contributed by atoms with van der Waals surface area (Å²) >= 11 is 5.93. The summed E-state index contributed by atoms with van der Waals surface area (Å²) in [5, 5.41) is 5.03. The Morgan fingerprint density at radius 3 is 2.14 bits per heavy atom. The van der Waals surface area contributed by atoms with E-state index in [-0.39, 0.29) is 34.6 Å². The molecule has 3 rings (SSSR count). The molecule has 0 saturated heterocycles. The Morgan fingerprint density at radius 2 is 1.48 bits per heavy atom. The van der Waals surface area contributed by atoms with E-state index in [1.165, 1.54) is 24.3 Å². The maximum Gasteiger partial charge on any atom is 0.417 e. The predicted octanol–water partition coefficient (Wildman–Crippen LogP) is 4.07. The van der Waals surface area contributed by atoms with E-state index in [0.29, 0.717) is 0 Å². The average Bonchev–Trinajstić information content (AvgIpc) is 2.69. The molecular weight excluding hydrogens is 407 g/mol. The van der Waals surface area contributed by atoms with Crippen LogP contribution in [0.4, 0.5) is 13.2 Å². The van der Waals surface area contributed by atoms with Crippen LogP contribution in [0.2, 0.25) is 5.02 Å². The highest BCUT2D eigenvalue weighted by molar-refractivity contribution is 6.33. The van der Waals surface area contributed by atoms with Crippen LogP contribution in [0.5, 0.6) is 0 Å². The second-order valence-electron chi connectivity index (χ2n) is 6.05. The molecule has 0 atom stereocenters. The minimum atomic E-state index is -4.73. The van der Waals surface area contributed by atoms with E-state index in [0.717, 1.165) is 6.20 Å². The number of alkyl halides is 3. The first kappa shape index (κ1) is 20.6. The Morgan fingerprint density at radius 1 is 0.897 bits per heavy atom. The van der Waals surface area contributed by atoms with Crippen molar-refractivity contribution in [2.24, 2.45) is 0 Å². The zero-order valence-corrected chi connectivity index (χ0v) is 15.6. The van der Waals surface area contributed by atoms with Gasteiger partial charge >= 0.3 is 6.18 Å². The molecule has 1 heterocycles. The summed E-state index contributed by atoms with van der Waals surface area (Å²) in [6.07, 6.45) is -3.82. The van der Waals surface area contributed by atoms with Crippen LogP contribution in [0.15, 0.2) is 54.7 Å². The second-order valence-corrected chi connectivity index (χ2v) is 6.46. The fourth-order valence-electron chi connectivity index (χ4n) is 2.81. The number of rotatable bonds is 5. The van der Waals surface area contributed by atoms with Gasteiger partial charge < -0.3 is 10.6 Å². The molecule has 5 nitrogen and oxygen atoms in total. The number of benzene rings is 2. The van der Waals surface area contributed by atoms with E-state index in [4.69, 9.17) is 11.6 Å². The molecule has 0 aliphatic carbocycles. The van der Waals surface area contributed by atoms with E-state index in [1.807, 2.05) is 0 Å². The molecule has 0 radical (unpaired) electrons. The molecule has 0 spiro atoms. The third-order valence-corrected chi connectivity index (χ3v) is 4.45. The molecule has 9 heteroatoms. The van der Waals surface area contributed by atoms with Gasteiger partial charge in [0.15, 0.2) is 0 Å². The zero-order valence-electron chi connectivity index (χ0n) is 14.9. The summed E-state index contributed by atoms with van der Waals surface area (Å²) in [7, 11) is 0. The van der Waals surface area contributed by atoms with E-state index in [2.05, 4.69) is 15.6 Å². The van der Waals surface area contributed by atoms with Crippen molar-refractivity contribution >= 4 is 34.3 Å². The predicted molar refractivity (Wildman–Crippen MR) is 103 cm³/mol. The highest BCUT2D eigenvalue weighted by Crippen LogP contribution is 2.36. The summed E-state index contributed by atoms with van der Waals surface area (Å²) in [5.74, 6) is -1.38. The van der Waals surface area contributed by atoms with Crippen molar-refractivity contribution in [1.29, 1.82) is 0 Å². The van der Waals surface area contributed by atoms with E-state index < -0.39 is 29.1 Å². The number of nitrogens with one attached hydrogen (secondary N) is 2. The SMILES string of the molecule is O=C(NCCNC(=O)c1cnc2ccccc2c1C(F)(F)F)c1ccccc1Cl. The fraction of sp³-hybridized carbons (Fsp3) is 0.150. The van der Waals surface area contributed by atoms with Gasteiger partial charge in [0.05, 0.1) is 27.2 Å². The lowest BCUT2D eigenvalue weighted by Gasteiger charge is -2.15. The number of carbonyl (C=O) groups excluding carboxylic acids is 2. The van der Waals surface area contributed by atoms with Crippen LogP contribution in [0, 0.1) is 0 Å².